The predicted octanol–water partition coefficient (Wildman–Crippen LogP) is 4.15. The molecule has 1 unspecified atom stereocenters. The van der Waals surface area contributed by atoms with E-state index in [9.17, 15) is 0 Å². The summed E-state index contributed by atoms with van der Waals surface area (Å²) in [7, 11) is 0. The number of ether oxygens (including phenoxy) is 2. The van der Waals surface area contributed by atoms with Crippen molar-refractivity contribution in [2.24, 2.45) is 0 Å². The molecule has 1 heterocycles. The highest BCUT2D eigenvalue weighted by Crippen LogP contribution is 2.11. The van der Waals surface area contributed by atoms with Gasteiger partial charge in [0, 0.05) is 6.20 Å². The first-order chi connectivity index (χ1) is 10.6. The summed E-state index contributed by atoms with van der Waals surface area (Å²) in [6.45, 7) is 7.38. The fraction of sp³-hybridized carbons (Fsp3) is 0.421. The van der Waals surface area contributed by atoms with Crippen LogP contribution in [0.3, 0.4) is 0 Å². The molecule has 0 fully saturated rings. The van der Waals surface area contributed by atoms with E-state index in [1.807, 2.05) is 44.3 Å². The van der Waals surface area contributed by atoms with Crippen molar-refractivity contribution in [1.82, 2.24) is 4.98 Å². The lowest BCUT2D eigenvalue weighted by molar-refractivity contribution is 0.0531. The Morgan fingerprint density at radius 3 is 2.41 bits per heavy atom. The number of pyridine rings is 1. The van der Waals surface area contributed by atoms with Gasteiger partial charge in [-0.2, -0.15) is 0 Å². The monoisotopic (exact) mass is 299 g/mol. The Labute approximate surface area is 133 Å². The molecule has 2 aromatic rings. The third kappa shape index (κ3) is 5.96. The van der Waals surface area contributed by atoms with Gasteiger partial charge >= 0.3 is 0 Å². The van der Waals surface area contributed by atoms with E-state index >= 15 is 0 Å². The van der Waals surface area contributed by atoms with Crippen molar-refractivity contribution in [1.29, 1.82) is 0 Å². The van der Waals surface area contributed by atoms with Crippen LogP contribution >= 0.6 is 0 Å². The summed E-state index contributed by atoms with van der Waals surface area (Å²) in [5.41, 5.74) is 3.41. The zero-order valence-corrected chi connectivity index (χ0v) is 13.7. The Kier molecular flexibility index (Phi) is 6.56. The second-order valence-corrected chi connectivity index (χ2v) is 5.83. The van der Waals surface area contributed by atoms with Gasteiger partial charge in [-0.05, 0) is 50.5 Å². The topological polar surface area (TPSA) is 31.4 Å². The fourth-order valence-electron chi connectivity index (χ4n) is 2.19. The highest BCUT2D eigenvalue weighted by Gasteiger charge is 2.06. The normalized spacial score (nSPS) is 12.5. The molecule has 1 atom stereocenters. The number of benzene rings is 1. The van der Waals surface area contributed by atoms with Crippen LogP contribution in [-0.2, 0) is 29.1 Å². The average molecular weight is 299 g/mol. The van der Waals surface area contributed by atoms with Crippen LogP contribution in [0.15, 0.2) is 48.7 Å². The summed E-state index contributed by atoms with van der Waals surface area (Å²) >= 11 is 0. The summed E-state index contributed by atoms with van der Waals surface area (Å²) in [5, 5.41) is 0. The molecule has 3 nitrogen and oxygen atoms in total. The molecule has 0 N–H and O–H groups in total. The van der Waals surface area contributed by atoms with Gasteiger partial charge in [0.05, 0.1) is 31.1 Å². The number of hydrogen-bond donors (Lipinski definition) is 0. The van der Waals surface area contributed by atoms with Crippen molar-refractivity contribution >= 4 is 0 Å². The quantitative estimate of drug-likeness (QED) is 0.733. The van der Waals surface area contributed by atoms with Crippen molar-refractivity contribution in [2.45, 2.75) is 52.6 Å². The van der Waals surface area contributed by atoms with Gasteiger partial charge < -0.3 is 9.47 Å². The first-order valence-electron chi connectivity index (χ1n) is 7.84. The second-order valence-electron chi connectivity index (χ2n) is 5.83. The summed E-state index contributed by atoms with van der Waals surface area (Å²) in [4.78, 5) is 4.35. The first kappa shape index (κ1) is 16.7. The van der Waals surface area contributed by atoms with E-state index in [-0.39, 0.29) is 12.2 Å². The number of nitrogens with zero attached hydrogens (tertiary/aromatic N) is 1. The first-order valence-corrected chi connectivity index (χ1v) is 7.84. The minimum Gasteiger partial charge on any atom is -0.373 e. The second kappa shape index (κ2) is 8.66. The molecule has 0 saturated heterocycles. The van der Waals surface area contributed by atoms with Crippen LogP contribution in [0.25, 0.3) is 0 Å². The molecule has 0 spiro atoms. The molecule has 3 heteroatoms. The molecule has 0 aliphatic heterocycles. The summed E-state index contributed by atoms with van der Waals surface area (Å²) in [6, 6.07) is 14.4. The lowest BCUT2D eigenvalue weighted by Gasteiger charge is -2.14. The van der Waals surface area contributed by atoms with Crippen molar-refractivity contribution in [3.05, 3.63) is 65.5 Å². The van der Waals surface area contributed by atoms with Gasteiger partial charge in [0.1, 0.15) is 0 Å². The van der Waals surface area contributed by atoms with E-state index in [2.05, 4.69) is 30.1 Å². The maximum Gasteiger partial charge on any atom is 0.0891 e. The van der Waals surface area contributed by atoms with Crippen LogP contribution in [0.4, 0.5) is 0 Å². The smallest absolute Gasteiger partial charge is 0.0891 e. The molecule has 1 aromatic carbocycles. The summed E-state index contributed by atoms with van der Waals surface area (Å²) in [6.07, 6.45) is 3.11. The zero-order chi connectivity index (χ0) is 15.8. The Morgan fingerprint density at radius 2 is 1.68 bits per heavy atom. The Bertz CT molecular complexity index is 554. The van der Waals surface area contributed by atoms with Crippen molar-refractivity contribution in [2.75, 3.05) is 0 Å². The SMILES string of the molecule is CC(C)OCc1cc(CC(C)OCc2ccccc2)ccn1. The van der Waals surface area contributed by atoms with Gasteiger partial charge in [-0.3, -0.25) is 4.98 Å². The maximum atomic E-state index is 5.92. The van der Waals surface area contributed by atoms with Crippen LogP contribution in [0.1, 0.15) is 37.6 Å². The molecule has 0 amide bonds. The standard InChI is InChI=1S/C19H25NO2/c1-15(2)21-14-19-12-18(9-10-20-19)11-16(3)22-13-17-7-5-4-6-8-17/h4-10,12,15-16H,11,13-14H2,1-3H3. The van der Waals surface area contributed by atoms with Crippen molar-refractivity contribution < 1.29 is 9.47 Å². The molecule has 118 valence electrons. The molecule has 0 saturated carbocycles. The maximum absolute atomic E-state index is 5.92. The Balaban J connectivity index is 1.83. The summed E-state index contributed by atoms with van der Waals surface area (Å²) < 4.78 is 11.5. The van der Waals surface area contributed by atoms with Crippen LogP contribution in [0, 0.1) is 0 Å². The van der Waals surface area contributed by atoms with Gasteiger partial charge in [0.15, 0.2) is 0 Å². The molecular weight excluding hydrogens is 274 g/mol. The minimum absolute atomic E-state index is 0.168. The zero-order valence-electron chi connectivity index (χ0n) is 13.7. The average Bonchev–Trinajstić information content (AvgIpc) is 2.52. The molecule has 22 heavy (non-hydrogen) atoms. The van der Waals surface area contributed by atoms with Gasteiger partial charge in [-0.15, -0.1) is 0 Å². The van der Waals surface area contributed by atoms with E-state index in [0.717, 1.165) is 12.1 Å². The molecule has 1 aromatic heterocycles. The third-order valence-corrected chi connectivity index (χ3v) is 3.35. The fourth-order valence-corrected chi connectivity index (χ4v) is 2.19. The highest BCUT2D eigenvalue weighted by atomic mass is 16.5. The van der Waals surface area contributed by atoms with Crippen molar-refractivity contribution in [3.63, 3.8) is 0 Å². The van der Waals surface area contributed by atoms with E-state index in [1.165, 1.54) is 11.1 Å². The Morgan fingerprint density at radius 1 is 0.909 bits per heavy atom. The van der Waals surface area contributed by atoms with Crippen molar-refractivity contribution in [3.8, 4) is 0 Å². The summed E-state index contributed by atoms with van der Waals surface area (Å²) in [5.74, 6) is 0. The predicted molar refractivity (Wildman–Crippen MR) is 88.6 cm³/mol. The highest BCUT2D eigenvalue weighted by molar-refractivity contribution is 5.17. The number of hydrogen-bond acceptors (Lipinski definition) is 3. The third-order valence-electron chi connectivity index (χ3n) is 3.35. The van der Waals surface area contributed by atoms with Gasteiger partial charge in [-0.1, -0.05) is 30.3 Å². The Hall–Kier alpha value is -1.71. The van der Waals surface area contributed by atoms with Crippen LogP contribution < -0.4 is 0 Å². The lowest BCUT2D eigenvalue weighted by atomic mass is 10.1. The molecule has 0 bridgehead atoms. The number of aromatic nitrogens is 1. The number of rotatable bonds is 8. The van der Waals surface area contributed by atoms with Crippen LogP contribution in [-0.4, -0.2) is 17.2 Å². The van der Waals surface area contributed by atoms with Crippen LogP contribution in [0.5, 0.6) is 0 Å². The van der Waals surface area contributed by atoms with Gasteiger partial charge in [-0.25, -0.2) is 0 Å². The van der Waals surface area contributed by atoms with Gasteiger partial charge in [0.25, 0.3) is 0 Å². The van der Waals surface area contributed by atoms with E-state index < -0.39 is 0 Å². The van der Waals surface area contributed by atoms with E-state index in [0.29, 0.717) is 13.2 Å². The largest absolute Gasteiger partial charge is 0.373 e. The van der Waals surface area contributed by atoms with Gasteiger partial charge in [0.2, 0.25) is 0 Å². The lowest BCUT2D eigenvalue weighted by Crippen LogP contribution is -2.12. The van der Waals surface area contributed by atoms with E-state index in [1.54, 1.807) is 0 Å². The molecule has 0 aliphatic rings. The molecular formula is C19H25NO2. The molecule has 0 radical (unpaired) electrons. The molecule has 0 aliphatic carbocycles. The van der Waals surface area contributed by atoms with Crippen LogP contribution in [0.2, 0.25) is 0 Å². The van der Waals surface area contributed by atoms with E-state index in [4.69, 9.17) is 9.47 Å². The minimum atomic E-state index is 0.168. The molecule has 2 rings (SSSR count).